The number of aromatic nitrogens is 2. The second-order valence-corrected chi connectivity index (χ2v) is 3.34. The highest BCUT2D eigenvalue weighted by atomic mass is 16.3. The molecule has 0 fully saturated rings. The Hall–Kier alpha value is -1.90. The number of furan rings is 1. The molecule has 0 saturated heterocycles. The molecule has 1 aromatic carbocycles. The predicted molar refractivity (Wildman–Crippen MR) is 54.0 cm³/mol. The van der Waals surface area contributed by atoms with Gasteiger partial charge in [-0.15, -0.1) is 0 Å². The average Bonchev–Trinajstić information content (AvgIpc) is 2.54. The van der Waals surface area contributed by atoms with Gasteiger partial charge in [-0.25, -0.2) is 9.97 Å². The Morgan fingerprint density at radius 3 is 3.07 bits per heavy atom. The fourth-order valence-corrected chi connectivity index (χ4v) is 1.63. The zero-order chi connectivity index (χ0) is 9.54. The van der Waals surface area contributed by atoms with Crippen LogP contribution in [0.15, 0.2) is 35.1 Å². The lowest BCUT2D eigenvalue weighted by molar-refractivity contribution is 0.652. The Kier molecular flexibility index (Phi) is 1.36. The summed E-state index contributed by atoms with van der Waals surface area (Å²) in [7, 11) is 0. The highest BCUT2D eigenvalue weighted by Gasteiger charge is 2.06. The molecule has 3 rings (SSSR count). The van der Waals surface area contributed by atoms with Gasteiger partial charge in [0.25, 0.3) is 0 Å². The molecule has 0 radical (unpaired) electrons. The quantitative estimate of drug-likeness (QED) is 0.539. The van der Waals surface area contributed by atoms with Gasteiger partial charge in [-0.1, -0.05) is 12.1 Å². The minimum Gasteiger partial charge on any atom is -0.438 e. The van der Waals surface area contributed by atoms with E-state index in [2.05, 4.69) is 16.0 Å². The third kappa shape index (κ3) is 0.923. The summed E-state index contributed by atoms with van der Waals surface area (Å²) in [6, 6.07) is 6.11. The van der Waals surface area contributed by atoms with Gasteiger partial charge in [-0.3, -0.25) is 0 Å². The largest absolute Gasteiger partial charge is 0.438 e. The number of hydrogen-bond acceptors (Lipinski definition) is 3. The SMILES string of the molecule is Cc1ccc2c(c1)oc1ncncc12. The second kappa shape index (κ2) is 2.54. The minimum absolute atomic E-state index is 0.653. The van der Waals surface area contributed by atoms with E-state index in [1.165, 1.54) is 11.9 Å². The fourth-order valence-electron chi connectivity index (χ4n) is 1.63. The van der Waals surface area contributed by atoms with Crippen LogP contribution in [0.4, 0.5) is 0 Å². The van der Waals surface area contributed by atoms with Crippen LogP contribution >= 0.6 is 0 Å². The molecule has 0 aliphatic heterocycles. The second-order valence-electron chi connectivity index (χ2n) is 3.34. The molecule has 2 heterocycles. The number of aryl methyl sites for hydroxylation is 1. The summed E-state index contributed by atoms with van der Waals surface area (Å²) in [6.45, 7) is 2.04. The molecule has 0 bridgehead atoms. The highest BCUT2D eigenvalue weighted by molar-refractivity contribution is 6.03. The molecular weight excluding hydrogens is 176 g/mol. The molecule has 68 valence electrons. The van der Waals surface area contributed by atoms with Gasteiger partial charge in [0.15, 0.2) is 0 Å². The van der Waals surface area contributed by atoms with Gasteiger partial charge in [-0.05, 0) is 18.6 Å². The van der Waals surface area contributed by atoms with Crippen LogP contribution in [-0.2, 0) is 0 Å². The van der Waals surface area contributed by atoms with E-state index in [1.807, 2.05) is 19.1 Å². The molecular formula is C11H8N2O. The third-order valence-corrected chi connectivity index (χ3v) is 2.31. The lowest BCUT2D eigenvalue weighted by atomic mass is 10.1. The first-order valence-electron chi connectivity index (χ1n) is 4.43. The smallest absolute Gasteiger partial charge is 0.230 e. The molecule has 0 aliphatic carbocycles. The number of nitrogens with zero attached hydrogens (tertiary/aromatic N) is 2. The van der Waals surface area contributed by atoms with Crippen molar-refractivity contribution >= 4 is 22.1 Å². The van der Waals surface area contributed by atoms with Crippen molar-refractivity contribution in [1.82, 2.24) is 9.97 Å². The standard InChI is InChI=1S/C11H8N2O/c1-7-2-3-8-9-5-12-6-13-11(9)14-10(8)4-7/h2-6H,1H3. The zero-order valence-electron chi connectivity index (χ0n) is 7.69. The van der Waals surface area contributed by atoms with Crippen molar-refractivity contribution in [2.75, 3.05) is 0 Å². The molecule has 14 heavy (non-hydrogen) atoms. The van der Waals surface area contributed by atoms with Crippen LogP contribution in [0.1, 0.15) is 5.56 Å². The Labute approximate surface area is 80.4 Å². The molecule has 0 amide bonds. The maximum atomic E-state index is 5.58. The van der Waals surface area contributed by atoms with Crippen molar-refractivity contribution < 1.29 is 4.42 Å². The van der Waals surface area contributed by atoms with Gasteiger partial charge < -0.3 is 4.42 Å². The van der Waals surface area contributed by atoms with Gasteiger partial charge in [0.2, 0.25) is 5.71 Å². The van der Waals surface area contributed by atoms with Crippen molar-refractivity contribution in [3.05, 3.63) is 36.3 Å². The lowest BCUT2D eigenvalue weighted by Crippen LogP contribution is -1.74. The summed E-state index contributed by atoms with van der Waals surface area (Å²) in [5.74, 6) is 0. The first kappa shape index (κ1) is 7.50. The van der Waals surface area contributed by atoms with Crippen LogP contribution in [0.5, 0.6) is 0 Å². The molecule has 3 nitrogen and oxygen atoms in total. The van der Waals surface area contributed by atoms with E-state index in [0.717, 1.165) is 16.4 Å². The van der Waals surface area contributed by atoms with E-state index in [4.69, 9.17) is 4.42 Å². The van der Waals surface area contributed by atoms with Crippen LogP contribution in [-0.4, -0.2) is 9.97 Å². The maximum Gasteiger partial charge on any atom is 0.230 e. The summed E-state index contributed by atoms with van der Waals surface area (Å²) in [6.07, 6.45) is 3.28. The average molecular weight is 184 g/mol. The zero-order valence-corrected chi connectivity index (χ0v) is 7.69. The van der Waals surface area contributed by atoms with E-state index >= 15 is 0 Å². The summed E-state index contributed by atoms with van der Waals surface area (Å²) >= 11 is 0. The van der Waals surface area contributed by atoms with Crippen molar-refractivity contribution in [3.8, 4) is 0 Å². The Balaban J connectivity index is 2.57. The van der Waals surface area contributed by atoms with Crippen LogP contribution in [0.2, 0.25) is 0 Å². The summed E-state index contributed by atoms with van der Waals surface area (Å²) in [4.78, 5) is 8.06. The number of hydrogen-bond donors (Lipinski definition) is 0. The van der Waals surface area contributed by atoms with E-state index in [-0.39, 0.29) is 0 Å². The summed E-state index contributed by atoms with van der Waals surface area (Å²) < 4.78 is 5.58. The van der Waals surface area contributed by atoms with Crippen molar-refractivity contribution in [2.24, 2.45) is 0 Å². The monoisotopic (exact) mass is 184 g/mol. The van der Waals surface area contributed by atoms with Crippen LogP contribution in [0.3, 0.4) is 0 Å². The number of rotatable bonds is 0. The molecule has 0 atom stereocenters. The van der Waals surface area contributed by atoms with Gasteiger partial charge in [0.1, 0.15) is 11.9 Å². The fraction of sp³-hybridized carbons (Fsp3) is 0.0909. The first-order chi connectivity index (χ1) is 6.84. The Bertz CT molecular complexity index is 613. The van der Waals surface area contributed by atoms with Gasteiger partial charge in [0.05, 0.1) is 5.39 Å². The molecule has 3 aromatic rings. The summed E-state index contributed by atoms with van der Waals surface area (Å²) in [5.41, 5.74) is 2.71. The van der Waals surface area contributed by atoms with Gasteiger partial charge in [0, 0.05) is 11.6 Å². The molecule has 0 N–H and O–H groups in total. The van der Waals surface area contributed by atoms with E-state index in [9.17, 15) is 0 Å². The minimum atomic E-state index is 0.653. The predicted octanol–water partition coefficient (Wildman–Crippen LogP) is 2.68. The van der Waals surface area contributed by atoms with E-state index in [1.54, 1.807) is 6.20 Å². The molecule has 2 aromatic heterocycles. The van der Waals surface area contributed by atoms with Crippen LogP contribution in [0.25, 0.3) is 22.1 Å². The summed E-state index contributed by atoms with van der Waals surface area (Å²) in [5, 5.41) is 2.05. The van der Waals surface area contributed by atoms with Crippen molar-refractivity contribution in [2.45, 2.75) is 6.92 Å². The van der Waals surface area contributed by atoms with Crippen molar-refractivity contribution in [3.63, 3.8) is 0 Å². The van der Waals surface area contributed by atoms with Crippen LogP contribution < -0.4 is 0 Å². The highest BCUT2D eigenvalue weighted by Crippen LogP contribution is 2.26. The van der Waals surface area contributed by atoms with Gasteiger partial charge >= 0.3 is 0 Å². The maximum absolute atomic E-state index is 5.58. The first-order valence-corrected chi connectivity index (χ1v) is 4.43. The van der Waals surface area contributed by atoms with Gasteiger partial charge in [-0.2, -0.15) is 0 Å². The Morgan fingerprint density at radius 2 is 2.14 bits per heavy atom. The topological polar surface area (TPSA) is 38.9 Å². The lowest BCUT2D eigenvalue weighted by Gasteiger charge is -1.89. The van der Waals surface area contributed by atoms with E-state index in [0.29, 0.717) is 5.71 Å². The molecule has 0 saturated carbocycles. The molecule has 0 aliphatic rings. The third-order valence-electron chi connectivity index (χ3n) is 2.31. The van der Waals surface area contributed by atoms with E-state index < -0.39 is 0 Å². The number of fused-ring (bicyclic) bond motifs is 3. The molecule has 3 heteroatoms. The van der Waals surface area contributed by atoms with Crippen LogP contribution in [0, 0.1) is 6.92 Å². The molecule has 0 unspecified atom stereocenters. The Morgan fingerprint density at radius 1 is 1.21 bits per heavy atom. The van der Waals surface area contributed by atoms with Crippen molar-refractivity contribution in [1.29, 1.82) is 0 Å². The normalized spacial score (nSPS) is 11.2. The number of benzene rings is 1. The molecule has 0 spiro atoms.